The number of carbonyl (C=O) groups is 3. The molecule has 0 spiro atoms. The van der Waals surface area contributed by atoms with Gasteiger partial charge in [0, 0.05) is 27.2 Å². The van der Waals surface area contributed by atoms with Gasteiger partial charge >= 0.3 is 5.97 Å². The first-order chi connectivity index (χ1) is 9.25. The number of hydrogen-bond donors (Lipinski definition) is 2. The maximum Gasteiger partial charge on any atom is 0.302 e. The van der Waals surface area contributed by atoms with Crippen LogP contribution in [0.15, 0.2) is 30.3 Å². The van der Waals surface area contributed by atoms with E-state index in [9.17, 15) is 4.79 Å². The summed E-state index contributed by atoms with van der Waals surface area (Å²) < 4.78 is 4.81. The molecule has 20 heavy (non-hydrogen) atoms. The molecule has 0 unspecified atom stereocenters. The lowest BCUT2D eigenvalue weighted by molar-refractivity contribution is -0.141. The van der Waals surface area contributed by atoms with Crippen LogP contribution in [0.5, 0.6) is 0 Å². The van der Waals surface area contributed by atoms with E-state index in [1.54, 1.807) is 0 Å². The molecule has 1 aromatic carbocycles. The molecule has 2 N–H and O–H groups in total. The van der Waals surface area contributed by atoms with Crippen molar-refractivity contribution in [3.05, 3.63) is 35.9 Å². The molecule has 0 saturated carbocycles. The van der Waals surface area contributed by atoms with Crippen molar-refractivity contribution in [2.75, 3.05) is 6.61 Å². The van der Waals surface area contributed by atoms with Crippen molar-refractivity contribution in [3.63, 3.8) is 0 Å². The fourth-order valence-corrected chi connectivity index (χ4v) is 0.957. The van der Waals surface area contributed by atoms with Gasteiger partial charge < -0.3 is 14.9 Å². The summed E-state index contributed by atoms with van der Waals surface area (Å²) in [7, 11) is 0. The predicted octanol–water partition coefficient (Wildman–Crippen LogP) is 1.97. The summed E-state index contributed by atoms with van der Waals surface area (Å²) in [5, 5.41) is 14.8. The van der Waals surface area contributed by atoms with Crippen molar-refractivity contribution in [3.8, 4) is 0 Å². The van der Waals surface area contributed by atoms with Gasteiger partial charge in [-0.1, -0.05) is 30.3 Å². The van der Waals surface area contributed by atoms with E-state index in [0.29, 0.717) is 6.61 Å². The van der Waals surface area contributed by atoms with Gasteiger partial charge in [-0.2, -0.15) is 0 Å². The fourth-order valence-electron chi connectivity index (χ4n) is 0.957. The van der Waals surface area contributed by atoms with Gasteiger partial charge in [0.05, 0.1) is 6.61 Å². The van der Waals surface area contributed by atoms with Crippen LogP contribution in [0.2, 0.25) is 0 Å². The van der Waals surface area contributed by atoms with Crippen LogP contribution in [0, 0.1) is 0 Å². The number of carboxylic acids is 2. The second-order valence-corrected chi connectivity index (χ2v) is 3.61. The summed E-state index contributed by atoms with van der Waals surface area (Å²) in [6.07, 6.45) is 0.792. The van der Waals surface area contributed by atoms with E-state index in [1.165, 1.54) is 12.5 Å². The van der Waals surface area contributed by atoms with Gasteiger partial charge in [0.25, 0.3) is 11.9 Å². The zero-order valence-electron chi connectivity index (χ0n) is 11.8. The fraction of sp³-hybridized carbons (Fsp3) is 0.357. The maximum absolute atomic E-state index is 10.4. The lowest BCUT2D eigenvalue weighted by Gasteiger charge is -2.00. The number of esters is 1. The molecule has 1 rings (SSSR count). The lowest BCUT2D eigenvalue weighted by atomic mass is 10.2. The quantitative estimate of drug-likeness (QED) is 0.823. The smallest absolute Gasteiger partial charge is 0.302 e. The molecule has 0 radical (unpaired) electrons. The van der Waals surface area contributed by atoms with Gasteiger partial charge in [-0.05, 0) is 5.56 Å². The summed E-state index contributed by atoms with van der Waals surface area (Å²) in [5.74, 6) is -1.88. The topological polar surface area (TPSA) is 101 Å². The summed E-state index contributed by atoms with van der Waals surface area (Å²) in [6.45, 7) is 4.06. The van der Waals surface area contributed by atoms with E-state index in [1.807, 2.05) is 30.3 Å². The molecule has 1 aromatic rings. The molecule has 0 fully saturated rings. The van der Waals surface area contributed by atoms with Crippen LogP contribution in [0.4, 0.5) is 0 Å². The molecular formula is C14H20O6. The first-order valence-corrected chi connectivity index (χ1v) is 5.82. The Morgan fingerprint density at radius 3 is 1.70 bits per heavy atom. The van der Waals surface area contributed by atoms with Crippen molar-refractivity contribution in [1.29, 1.82) is 0 Å². The molecule has 0 aliphatic rings. The van der Waals surface area contributed by atoms with E-state index >= 15 is 0 Å². The van der Waals surface area contributed by atoms with Crippen molar-refractivity contribution in [2.24, 2.45) is 0 Å². The number of rotatable bonds is 3. The van der Waals surface area contributed by atoms with Crippen LogP contribution in [0.1, 0.15) is 26.3 Å². The first-order valence-electron chi connectivity index (χ1n) is 5.82. The molecule has 0 atom stereocenters. The zero-order chi connectivity index (χ0) is 16.0. The number of aliphatic carboxylic acids is 2. The summed E-state index contributed by atoms with van der Waals surface area (Å²) in [6, 6.07) is 9.95. The highest BCUT2D eigenvalue weighted by molar-refractivity contribution is 5.65. The van der Waals surface area contributed by atoms with Gasteiger partial charge in [-0.25, -0.2) is 0 Å². The monoisotopic (exact) mass is 284 g/mol. The van der Waals surface area contributed by atoms with E-state index in [4.69, 9.17) is 24.5 Å². The third kappa shape index (κ3) is 24.7. The number of carbonyl (C=O) groups excluding carboxylic acids is 1. The molecular weight excluding hydrogens is 264 g/mol. The number of hydrogen-bond acceptors (Lipinski definition) is 4. The Kier molecular flexibility index (Phi) is 13.0. The second kappa shape index (κ2) is 13.1. The average molecular weight is 284 g/mol. The molecule has 0 aromatic heterocycles. The Balaban J connectivity index is 0. The number of benzene rings is 1. The van der Waals surface area contributed by atoms with Crippen LogP contribution < -0.4 is 0 Å². The summed E-state index contributed by atoms with van der Waals surface area (Å²) in [5.41, 5.74) is 1.19. The highest BCUT2D eigenvalue weighted by atomic mass is 16.5. The van der Waals surface area contributed by atoms with Crippen molar-refractivity contribution < 1.29 is 29.3 Å². The van der Waals surface area contributed by atoms with Crippen molar-refractivity contribution in [1.82, 2.24) is 0 Å². The minimum Gasteiger partial charge on any atom is -0.481 e. The van der Waals surface area contributed by atoms with Crippen molar-refractivity contribution >= 4 is 17.9 Å². The maximum atomic E-state index is 10.4. The van der Waals surface area contributed by atoms with Crippen LogP contribution in [-0.4, -0.2) is 34.7 Å². The summed E-state index contributed by atoms with van der Waals surface area (Å²) in [4.78, 5) is 28.4. The van der Waals surface area contributed by atoms with E-state index < -0.39 is 11.9 Å². The van der Waals surface area contributed by atoms with Gasteiger partial charge in [-0.15, -0.1) is 0 Å². The SMILES string of the molecule is CC(=O)O.CC(=O)O.CC(=O)OCCc1ccccc1. The average Bonchev–Trinajstić information content (AvgIpc) is 2.28. The third-order valence-electron chi connectivity index (χ3n) is 1.54. The Labute approximate surface area is 118 Å². The summed E-state index contributed by atoms with van der Waals surface area (Å²) >= 11 is 0. The molecule has 0 amide bonds. The standard InChI is InChI=1S/C10H12O2.2C2H4O2/c1-9(11)12-8-7-10-5-3-2-4-6-10;2*1-2(3)4/h2-6H,7-8H2,1H3;2*1H3,(H,3,4). The Bertz CT molecular complexity index is 379. The lowest BCUT2D eigenvalue weighted by Crippen LogP contribution is -2.02. The van der Waals surface area contributed by atoms with E-state index in [2.05, 4.69) is 0 Å². The number of carboxylic acid groups (broad SMARTS) is 2. The highest BCUT2D eigenvalue weighted by Crippen LogP contribution is 1.99. The zero-order valence-corrected chi connectivity index (χ0v) is 11.8. The molecule has 6 heteroatoms. The van der Waals surface area contributed by atoms with Gasteiger partial charge in [0.2, 0.25) is 0 Å². The molecule has 0 aliphatic carbocycles. The van der Waals surface area contributed by atoms with Crippen molar-refractivity contribution in [2.45, 2.75) is 27.2 Å². The van der Waals surface area contributed by atoms with Gasteiger partial charge in [0.1, 0.15) is 0 Å². The van der Waals surface area contributed by atoms with Crippen LogP contribution in [-0.2, 0) is 25.5 Å². The number of ether oxygens (including phenoxy) is 1. The van der Waals surface area contributed by atoms with Crippen LogP contribution in [0.25, 0.3) is 0 Å². The van der Waals surface area contributed by atoms with Gasteiger partial charge in [0.15, 0.2) is 0 Å². The minimum atomic E-state index is -0.833. The van der Waals surface area contributed by atoms with Crippen LogP contribution >= 0.6 is 0 Å². The Hall–Kier alpha value is -2.37. The van der Waals surface area contributed by atoms with Crippen LogP contribution in [0.3, 0.4) is 0 Å². The minimum absolute atomic E-state index is 0.217. The Morgan fingerprint density at radius 2 is 1.35 bits per heavy atom. The second-order valence-electron chi connectivity index (χ2n) is 3.61. The first kappa shape index (κ1) is 20.0. The molecule has 0 heterocycles. The largest absolute Gasteiger partial charge is 0.481 e. The highest BCUT2D eigenvalue weighted by Gasteiger charge is 1.93. The van der Waals surface area contributed by atoms with Gasteiger partial charge in [-0.3, -0.25) is 14.4 Å². The van der Waals surface area contributed by atoms with E-state index in [0.717, 1.165) is 20.3 Å². The predicted molar refractivity (Wildman–Crippen MR) is 73.4 cm³/mol. The third-order valence-corrected chi connectivity index (χ3v) is 1.54. The normalized spacial score (nSPS) is 8.15. The molecule has 0 saturated heterocycles. The molecule has 6 nitrogen and oxygen atoms in total. The van der Waals surface area contributed by atoms with E-state index in [-0.39, 0.29) is 5.97 Å². The molecule has 0 aliphatic heterocycles. The Morgan fingerprint density at radius 1 is 0.950 bits per heavy atom. The molecule has 112 valence electrons. The molecule has 0 bridgehead atoms.